The summed E-state index contributed by atoms with van der Waals surface area (Å²) in [6.45, 7) is 5.86. The van der Waals surface area contributed by atoms with Gasteiger partial charge < -0.3 is 9.84 Å². The highest BCUT2D eigenvalue weighted by Gasteiger charge is 2.21. The lowest BCUT2D eigenvalue weighted by atomic mass is 10.1. The van der Waals surface area contributed by atoms with E-state index in [2.05, 4.69) is 20.6 Å². The van der Waals surface area contributed by atoms with E-state index in [-0.39, 0.29) is 29.1 Å². The van der Waals surface area contributed by atoms with Gasteiger partial charge in [-0.1, -0.05) is 17.3 Å². The average molecular weight is 407 g/mol. The molecule has 0 saturated carbocycles. The number of benzene rings is 1. The van der Waals surface area contributed by atoms with Crippen molar-refractivity contribution >= 4 is 18.1 Å². The first-order valence-corrected chi connectivity index (χ1v) is 8.66. The van der Waals surface area contributed by atoms with Crippen molar-refractivity contribution in [2.24, 2.45) is 0 Å². The Balaban J connectivity index is 0.00000280. The molecule has 3 aromatic rings. The Hall–Kier alpha value is -2.78. The molecular formula is C18H23ClN6O3. The van der Waals surface area contributed by atoms with Crippen LogP contribution >= 0.6 is 12.4 Å². The Morgan fingerprint density at radius 1 is 1.29 bits per heavy atom. The van der Waals surface area contributed by atoms with Crippen molar-refractivity contribution in [3.63, 3.8) is 0 Å². The lowest BCUT2D eigenvalue weighted by molar-refractivity contribution is -0.386. The molecule has 1 N–H and O–H groups in total. The third-order valence-electron chi connectivity index (χ3n) is 4.51. The number of hydrogen-bond acceptors (Lipinski definition) is 7. The molecule has 0 radical (unpaired) electrons. The largest absolute Gasteiger partial charge is 0.334 e. The number of rotatable bonds is 7. The van der Waals surface area contributed by atoms with Crippen LogP contribution in [0.3, 0.4) is 0 Å². The van der Waals surface area contributed by atoms with E-state index in [9.17, 15) is 10.1 Å². The Kier molecular flexibility index (Phi) is 6.87. The molecule has 1 unspecified atom stereocenters. The van der Waals surface area contributed by atoms with Crippen LogP contribution in [0.4, 0.5) is 5.69 Å². The van der Waals surface area contributed by atoms with Crippen LogP contribution in [-0.2, 0) is 13.0 Å². The maximum atomic E-state index is 11.1. The first kappa shape index (κ1) is 21.5. The number of nitro groups is 1. The van der Waals surface area contributed by atoms with Crippen molar-refractivity contribution in [2.75, 3.05) is 7.05 Å². The number of aryl methyl sites for hydroxylation is 1. The summed E-state index contributed by atoms with van der Waals surface area (Å²) < 4.78 is 6.98. The molecule has 0 saturated heterocycles. The summed E-state index contributed by atoms with van der Waals surface area (Å²) in [7, 11) is 1.89. The molecule has 1 atom stereocenters. The van der Waals surface area contributed by atoms with Gasteiger partial charge in [0, 0.05) is 18.0 Å². The van der Waals surface area contributed by atoms with E-state index < -0.39 is 0 Å². The van der Waals surface area contributed by atoms with Crippen LogP contribution in [0, 0.1) is 24.0 Å². The molecule has 0 amide bonds. The molecule has 9 nitrogen and oxygen atoms in total. The summed E-state index contributed by atoms with van der Waals surface area (Å²) >= 11 is 0. The number of nitrogens with zero attached hydrogens (tertiary/aromatic N) is 5. The third kappa shape index (κ3) is 4.55. The Morgan fingerprint density at radius 2 is 1.96 bits per heavy atom. The van der Waals surface area contributed by atoms with E-state index in [4.69, 9.17) is 4.52 Å². The number of halogens is 1. The highest BCUT2D eigenvalue weighted by Crippen LogP contribution is 2.23. The second-order valence-electron chi connectivity index (χ2n) is 6.54. The maximum absolute atomic E-state index is 11.1. The second-order valence-corrected chi connectivity index (χ2v) is 6.54. The van der Waals surface area contributed by atoms with E-state index in [0.717, 1.165) is 11.1 Å². The van der Waals surface area contributed by atoms with E-state index in [1.807, 2.05) is 38.2 Å². The minimum Gasteiger partial charge on any atom is -0.334 e. The SMILES string of the molecule is CNC(C)Cc1noc(-c2ccc(Cn3nc(C)c([N+](=O)[O-])c3C)cc2)n1.Cl. The molecule has 3 rings (SSSR count). The zero-order chi connectivity index (χ0) is 19.6. The molecule has 0 bridgehead atoms. The fourth-order valence-corrected chi connectivity index (χ4v) is 2.86. The van der Waals surface area contributed by atoms with Crippen molar-refractivity contribution < 1.29 is 9.45 Å². The first-order chi connectivity index (χ1) is 12.9. The van der Waals surface area contributed by atoms with Gasteiger partial charge in [0.25, 0.3) is 5.89 Å². The van der Waals surface area contributed by atoms with Crippen LogP contribution in [0.1, 0.15) is 29.7 Å². The van der Waals surface area contributed by atoms with Gasteiger partial charge in [0.2, 0.25) is 0 Å². The van der Waals surface area contributed by atoms with Gasteiger partial charge in [0.05, 0.1) is 11.5 Å². The molecule has 2 heterocycles. The van der Waals surface area contributed by atoms with Crippen LogP contribution < -0.4 is 5.32 Å². The molecule has 0 aliphatic heterocycles. The van der Waals surface area contributed by atoms with Crippen LogP contribution in [-0.4, -0.2) is 37.9 Å². The summed E-state index contributed by atoms with van der Waals surface area (Å²) in [5.41, 5.74) is 2.84. The second kappa shape index (κ2) is 8.94. The van der Waals surface area contributed by atoms with Crippen molar-refractivity contribution in [1.29, 1.82) is 0 Å². The summed E-state index contributed by atoms with van der Waals surface area (Å²) in [4.78, 5) is 15.2. The van der Waals surface area contributed by atoms with Crippen molar-refractivity contribution in [1.82, 2.24) is 25.2 Å². The zero-order valence-corrected chi connectivity index (χ0v) is 17.0. The van der Waals surface area contributed by atoms with Crippen LogP contribution in [0.2, 0.25) is 0 Å². The zero-order valence-electron chi connectivity index (χ0n) is 16.2. The maximum Gasteiger partial charge on any atom is 0.312 e. The molecule has 0 aliphatic rings. The molecule has 2 aromatic heterocycles. The van der Waals surface area contributed by atoms with Gasteiger partial charge in [-0.15, -0.1) is 12.4 Å². The van der Waals surface area contributed by atoms with Crippen LogP contribution in [0.15, 0.2) is 28.8 Å². The standard InChI is InChI=1S/C18H22N6O3.ClH/c1-11(19-4)9-16-20-18(27-22-16)15-7-5-14(6-8-15)10-23-13(3)17(24(25)26)12(2)21-23;/h5-8,11,19H,9-10H2,1-4H3;1H. The molecule has 10 heteroatoms. The predicted molar refractivity (Wildman–Crippen MR) is 107 cm³/mol. The summed E-state index contributed by atoms with van der Waals surface area (Å²) in [5.74, 6) is 1.13. The van der Waals surface area contributed by atoms with Crippen LogP contribution in [0.25, 0.3) is 11.5 Å². The fourth-order valence-electron chi connectivity index (χ4n) is 2.86. The van der Waals surface area contributed by atoms with Gasteiger partial charge in [-0.2, -0.15) is 10.1 Å². The molecule has 0 aliphatic carbocycles. The smallest absolute Gasteiger partial charge is 0.312 e. The monoisotopic (exact) mass is 406 g/mol. The summed E-state index contributed by atoms with van der Waals surface area (Å²) in [6.07, 6.45) is 0.689. The lowest BCUT2D eigenvalue weighted by Gasteiger charge is -2.05. The highest BCUT2D eigenvalue weighted by atomic mass is 35.5. The topological polar surface area (TPSA) is 112 Å². The number of aromatic nitrogens is 4. The van der Waals surface area contributed by atoms with E-state index >= 15 is 0 Å². The van der Waals surface area contributed by atoms with Gasteiger partial charge in [-0.25, -0.2) is 0 Å². The Bertz CT molecular complexity index is 951. The minimum absolute atomic E-state index is 0. The van der Waals surface area contributed by atoms with E-state index in [1.54, 1.807) is 18.5 Å². The van der Waals surface area contributed by atoms with Crippen LogP contribution in [0.5, 0.6) is 0 Å². The Labute approximate surface area is 168 Å². The quantitative estimate of drug-likeness (QED) is 0.474. The van der Waals surface area contributed by atoms with Crippen molar-refractivity contribution in [3.8, 4) is 11.5 Å². The van der Waals surface area contributed by atoms with Gasteiger partial charge in [0.1, 0.15) is 11.4 Å². The summed E-state index contributed by atoms with van der Waals surface area (Å²) in [6, 6.07) is 7.92. The van der Waals surface area contributed by atoms with Gasteiger partial charge in [-0.05, 0) is 45.5 Å². The highest BCUT2D eigenvalue weighted by molar-refractivity contribution is 5.85. The third-order valence-corrected chi connectivity index (χ3v) is 4.51. The predicted octanol–water partition coefficient (Wildman–Crippen LogP) is 3.08. The average Bonchev–Trinajstić information content (AvgIpc) is 3.20. The van der Waals surface area contributed by atoms with Gasteiger partial charge >= 0.3 is 5.69 Å². The molecule has 150 valence electrons. The fraction of sp³-hybridized carbons (Fsp3) is 0.389. The summed E-state index contributed by atoms with van der Waals surface area (Å²) in [5, 5.41) is 22.5. The molecule has 0 fully saturated rings. The number of hydrogen-bond donors (Lipinski definition) is 1. The van der Waals surface area contributed by atoms with E-state index in [1.165, 1.54) is 0 Å². The molecular weight excluding hydrogens is 384 g/mol. The normalized spacial score (nSPS) is 11.9. The molecule has 28 heavy (non-hydrogen) atoms. The Morgan fingerprint density at radius 3 is 2.54 bits per heavy atom. The minimum atomic E-state index is -0.390. The van der Waals surface area contributed by atoms with E-state index in [0.29, 0.717) is 36.1 Å². The first-order valence-electron chi connectivity index (χ1n) is 8.66. The number of likely N-dealkylation sites (N-methyl/N-ethyl adjacent to an activating group) is 1. The number of nitrogens with one attached hydrogen (secondary N) is 1. The molecule has 0 spiro atoms. The van der Waals surface area contributed by atoms with Gasteiger partial charge in [0.15, 0.2) is 5.82 Å². The lowest BCUT2D eigenvalue weighted by Crippen LogP contribution is -2.24. The van der Waals surface area contributed by atoms with Gasteiger partial charge in [-0.3, -0.25) is 14.8 Å². The molecule has 1 aromatic carbocycles. The van der Waals surface area contributed by atoms with Crippen molar-refractivity contribution in [2.45, 2.75) is 39.8 Å². The van der Waals surface area contributed by atoms with Crippen molar-refractivity contribution in [3.05, 3.63) is 57.2 Å².